The lowest BCUT2D eigenvalue weighted by atomic mass is 10.3. The SMILES string of the molecule is Nc1nnc(SCc2ccn(C3CCCC3)n2)s1. The van der Waals surface area contributed by atoms with Crippen LogP contribution >= 0.6 is 23.1 Å². The first kappa shape index (κ1) is 12.0. The molecular formula is C11H15N5S2. The molecule has 0 aliphatic heterocycles. The number of nitrogen functional groups attached to an aromatic ring is 1. The molecule has 2 aromatic heterocycles. The molecule has 2 N–H and O–H groups in total. The van der Waals surface area contributed by atoms with Gasteiger partial charge >= 0.3 is 0 Å². The largest absolute Gasteiger partial charge is 0.374 e. The van der Waals surface area contributed by atoms with Gasteiger partial charge in [-0.3, -0.25) is 4.68 Å². The third-order valence-electron chi connectivity index (χ3n) is 3.13. The Morgan fingerprint density at radius 3 is 2.94 bits per heavy atom. The van der Waals surface area contributed by atoms with Crippen LogP contribution in [0.1, 0.15) is 37.4 Å². The Bertz CT molecular complexity index is 515. The molecule has 0 unspecified atom stereocenters. The van der Waals surface area contributed by atoms with Gasteiger partial charge in [-0.25, -0.2) is 0 Å². The molecule has 0 spiro atoms. The molecule has 0 atom stereocenters. The summed E-state index contributed by atoms with van der Waals surface area (Å²) in [6.45, 7) is 0. The summed E-state index contributed by atoms with van der Waals surface area (Å²) < 4.78 is 3.03. The van der Waals surface area contributed by atoms with Gasteiger partial charge < -0.3 is 5.73 Å². The molecule has 2 aromatic rings. The van der Waals surface area contributed by atoms with E-state index >= 15 is 0 Å². The standard InChI is InChI=1S/C11H15N5S2/c12-10-13-14-11(18-10)17-7-8-5-6-16(15-8)9-3-1-2-4-9/h5-6,9H,1-4,7H2,(H2,12,13). The Morgan fingerprint density at radius 1 is 1.39 bits per heavy atom. The van der Waals surface area contributed by atoms with E-state index in [1.165, 1.54) is 37.0 Å². The smallest absolute Gasteiger partial charge is 0.203 e. The van der Waals surface area contributed by atoms with Gasteiger partial charge in [0.1, 0.15) is 0 Å². The van der Waals surface area contributed by atoms with E-state index in [1.807, 2.05) is 0 Å². The Kier molecular flexibility index (Phi) is 3.51. The molecule has 0 radical (unpaired) electrons. The molecule has 0 saturated heterocycles. The number of aromatic nitrogens is 4. The molecule has 2 heterocycles. The Balaban J connectivity index is 1.59. The van der Waals surface area contributed by atoms with E-state index in [0.29, 0.717) is 11.2 Å². The first-order chi connectivity index (χ1) is 8.81. The second-order valence-corrected chi connectivity index (χ2v) is 6.65. The fraction of sp³-hybridized carbons (Fsp3) is 0.545. The van der Waals surface area contributed by atoms with Crippen LogP contribution in [0, 0.1) is 0 Å². The summed E-state index contributed by atoms with van der Waals surface area (Å²) in [7, 11) is 0. The van der Waals surface area contributed by atoms with E-state index in [1.54, 1.807) is 11.8 Å². The Labute approximate surface area is 114 Å². The minimum absolute atomic E-state index is 0.522. The maximum absolute atomic E-state index is 5.55. The molecule has 7 heteroatoms. The Morgan fingerprint density at radius 2 is 2.22 bits per heavy atom. The molecule has 5 nitrogen and oxygen atoms in total. The molecule has 1 fully saturated rings. The second-order valence-electron chi connectivity index (χ2n) is 4.42. The number of nitrogens with zero attached hydrogens (tertiary/aromatic N) is 4. The lowest BCUT2D eigenvalue weighted by Gasteiger charge is -2.08. The summed E-state index contributed by atoms with van der Waals surface area (Å²) in [6, 6.07) is 2.70. The fourth-order valence-electron chi connectivity index (χ4n) is 2.24. The third kappa shape index (κ3) is 2.67. The molecule has 0 bridgehead atoms. The van der Waals surface area contributed by atoms with Gasteiger partial charge in [-0.2, -0.15) is 5.10 Å². The van der Waals surface area contributed by atoms with E-state index in [4.69, 9.17) is 5.73 Å². The predicted octanol–water partition coefficient (Wildman–Crippen LogP) is 2.72. The van der Waals surface area contributed by atoms with Crippen LogP contribution in [-0.2, 0) is 5.75 Å². The second kappa shape index (κ2) is 5.27. The molecule has 1 saturated carbocycles. The van der Waals surface area contributed by atoms with Gasteiger partial charge in [-0.1, -0.05) is 35.9 Å². The summed E-state index contributed by atoms with van der Waals surface area (Å²) in [4.78, 5) is 0. The lowest BCUT2D eigenvalue weighted by molar-refractivity contribution is 0.464. The number of nitrogens with two attached hydrogens (primary N) is 1. The number of hydrogen-bond donors (Lipinski definition) is 1. The van der Waals surface area contributed by atoms with Crippen molar-refractivity contribution in [3.8, 4) is 0 Å². The maximum atomic E-state index is 5.55. The van der Waals surface area contributed by atoms with Crippen molar-refractivity contribution in [1.29, 1.82) is 0 Å². The summed E-state index contributed by atoms with van der Waals surface area (Å²) in [6.07, 6.45) is 7.29. The van der Waals surface area contributed by atoms with Crippen LogP contribution in [-0.4, -0.2) is 20.0 Å². The first-order valence-electron chi connectivity index (χ1n) is 6.07. The Hall–Kier alpha value is -1.08. The molecule has 96 valence electrons. The number of rotatable bonds is 4. The van der Waals surface area contributed by atoms with E-state index < -0.39 is 0 Å². The maximum Gasteiger partial charge on any atom is 0.203 e. The van der Waals surface area contributed by atoms with Gasteiger partial charge in [0.15, 0.2) is 4.34 Å². The average molecular weight is 281 g/mol. The first-order valence-corrected chi connectivity index (χ1v) is 7.87. The van der Waals surface area contributed by atoms with Crippen LogP contribution in [0.2, 0.25) is 0 Å². The van der Waals surface area contributed by atoms with Gasteiger partial charge in [-0.05, 0) is 18.9 Å². The van der Waals surface area contributed by atoms with Crippen molar-refractivity contribution in [2.45, 2.75) is 41.8 Å². The van der Waals surface area contributed by atoms with Crippen molar-refractivity contribution in [1.82, 2.24) is 20.0 Å². The summed E-state index contributed by atoms with van der Waals surface area (Å²) >= 11 is 3.06. The van der Waals surface area contributed by atoms with Gasteiger partial charge in [0.25, 0.3) is 0 Å². The molecule has 1 aliphatic carbocycles. The third-order valence-corrected chi connectivity index (χ3v) is 5.05. The van der Waals surface area contributed by atoms with Gasteiger partial charge in [0, 0.05) is 11.9 Å². The molecule has 1 aliphatic rings. The van der Waals surface area contributed by atoms with Crippen molar-refractivity contribution in [2.75, 3.05) is 5.73 Å². The highest BCUT2D eigenvalue weighted by Crippen LogP contribution is 2.30. The van der Waals surface area contributed by atoms with Crippen LogP contribution in [0.15, 0.2) is 16.6 Å². The van der Waals surface area contributed by atoms with Crippen molar-refractivity contribution in [3.63, 3.8) is 0 Å². The highest BCUT2D eigenvalue weighted by atomic mass is 32.2. The van der Waals surface area contributed by atoms with Crippen LogP contribution in [0.3, 0.4) is 0 Å². The zero-order chi connectivity index (χ0) is 12.4. The highest BCUT2D eigenvalue weighted by Gasteiger charge is 2.17. The van der Waals surface area contributed by atoms with Crippen molar-refractivity contribution >= 4 is 28.2 Å². The zero-order valence-electron chi connectivity index (χ0n) is 9.95. The minimum Gasteiger partial charge on any atom is -0.374 e. The van der Waals surface area contributed by atoms with E-state index in [-0.39, 0.29) is 0 Å². The van der Waals surface area contributed by atoms with Crippen molar-refractivity contribution < 1.29 is 0 Å². The number of anilines is 1. The van der Waals surface area contributed by atoms with Crippen LogP contribution < -0.4 is 5.73 Å². The molecule has 0 amide bonds. The fourth-order valence-corrected chi connectivity index (χ4v) is 3.78. The van der Waals surface area contributed by atoms with E-state index in [9.17, 15) is 0 Å². The highest BCUT2D eigenvalue weighted by molar-refractivity contribution is 8.00. The predicted molar refractivity (Wildman–Crippen MR) is 73.6 cm³/mol. The quantitative estimate of drug-likeness (QED) is 0.873. The molecule has 18 heavy (non-hydrogen) atoms. The molecule has 3 rings (SSSR count). The van der Waals surface area contributed by atoms with Crippen LogP contribution in [0.5, 0.6) is 0 Å². The number of thioether (sulfide) groups is 1. The summed E-state index contributed by atoms with van der Waals surface area (Å²) in [5.41, 5.74) is 6.64. The van der Waals surface area contributed by atoms with Crippen molar-refractivity contribution in [3.05, 3.63) is 18.0 Å². The lowest BCUT2D eigenvalue weighted by Crippen LogP contribution is -2.05. The normalized spacial score (nSPS) is 16.4. The number of hydrogen-bond acceptors (Lipinski definition) is 6. The van der Waals surface area contributed by atoms with Gasteiger partial charge in [0.2, 0.25) is 5.13 Å². The average Bonchev–Trinajstić information content (AvgIpc) is 3.07. The topological polar surface area (TPSA) is 69.6 Å². The zero-order valence-corrected chi connectivity index (χ0v) is 11.6. The molecular weight excluding hydrogens is 266 g/mol. The van der Waals surface area contributed by atoms with Crippen molar-refractivity contribution in [2.24, 2.45) is 0 Å². The van der Waals surface area contributed by atoms with Gasteiger partial charge in [-0.15, -0.1) is 10.2 Å². The summed E-state index contributed by atoms with van der Waals surface area (Å²) in [5, 5.41) is 12.9. The monoisotopic (exact) mass is 281 g/mol. The van der Waals surface area contributed by atoms with E-state index in [0.717, 1.165) is 15.8 Å². The molecule has 0 aromatic carbocycles. The van der Waals surface area contributed by atoms with Crippen LogP contribution in [0.25, 0.3) is 0 Å². The van der Waals surface area contributed by atoms with E-state index in [2.05, 4.69) is 32.2 Å². The van der Waals surface area contributed by atoms with Crippen LogP contribution in [0.4, 0.5) is 5.13 Å². The van der Waals surface area contributed by atoms with Gasteiger partial charge in [0.05, 0.1) is 11.7 Å². The summed E-state index contributed by atoms with van der Waals surface area (Å²) in [5.74, 6) is 0.828. The minimum atomic E-state index is 0.522.